The van der Waals surface area contributed by atoms with Gasteiger partial charge in [-0.2, -0.15) is 0 Å². The number of carboxylic acids is 1. The Labute approximate surface area is 222 Å². The molecule has 0 heterocycles. The van der Waals surface area contributed by atoms with Crippen LogP contribution in [0.3, 0.4) is 0 Å². The third-order valence-corrected chi connectivity index (χ3v) is 5.99. The summed E-state index contributed by atoms with van der Waals surface area (Å²) in [5.41, 5.74) is -0.733. The highest BCUT2D eigenvalue weighted by molar-refractivity contribution is 6.34. The van der Waals surface area contributed by atoms with Crippen molar-refractivity contribution < 1.29 is 29.1 Å². The van der Waals surface area contributed by atoms with E-state index in [9.17, 15) is 29.1 Å². The highest BCUT2D eigenvalue weighted by Crippen LogP contribution is 2.39. The molecule has 2 amide bonds. The third-order valence-electron chi connectivity index (χ3n) is 5.99. The third kappa shape index (κ3) is 4.56. The van der Waals surface area contributed by atoms with E-state index in [0.717, 1.165) is 6.07 Å². The van der Waals surface area contributed by atoms with Crippen molar-refractivity contribution in [3.63, 3.8) is 0 Å². The van der Waals surface area contributed by atoms with Crippen molar-refractivity contribution in [3.8, 4) is 0 Å². The molecule has 0 atom stereocenters. The van der Waals surface area contributed by atoms with Gasteiger partial charge in [0.15, 0.2) is 11.6 Å². The Balaban J connectivity index is 0.00000336. The molecule has 0 saturated carbocycles. The first-order chi connectivity index (χ1) is 17.9. The predicted octanol–water partition coefficient (Wildman–Crippen LogP) is 5.09. The standard InChI is InChI=1S/C29H18N2O6.ClH/c32-25-18-13-7-8-14-19(18)26(33)23-22(25)21(30-27(34)16-9-3-1-4-10-16)15-20(29(36)37)24(23)31-28(35)17-11-5-2-6-12-17;/h1-15H,(H,30,34)(H,31,35)(H,36,37);1H. The average Bonchev–Trinajstić information content (AvgIpc) is 2.92. The molecule has 4 aromatic rings. The summed E-state index contributed by atoms with van der Waals surface area (Å²) in [5.74, 6) is -3.95. The number of carbonyl (C=O) groups is 5. The van der Waals surface area contributed by atoms with E-state index in [4.69, 9.17) is 0 Å². The van der Waals surface area contributed by atoms with Crippen molar-refractivity contribution in [3.05, 3.63) is 130 Å². The summed E-state index contributed by atoms with van der Waals surface area (Å²) in [5, 5.41) is 15.1. The molecular formula is C29H19ClN2O6. The molecule has 9 heteroatoms. The lowest BCUT2D eigenvalue weighted by Gasteiger charge is -2.24. The first-order valence-corrected chi connectivity index (χ1v) is 11.2. The SMILES string of the molecule is Cl.O=C(Nc1cc(C(=O)O)c(NC(=O)c2ccccc2)c2c1C(=O)c1ccccc1C2=O)c1ccccc1. The summed E-state index contributed by atoms with van der Waals surface area (Å²) in [6, 6.07) is 23.4. The van der Waals surface area contributed by atoms with E-state index in [0.29, 0.717) is 0 Å². The van der Waals surface area contributed by atoms with Crippen LogP contribution in [0, 0.1) is 0 Å². The highest BCUT2D eigenvalue weighted by Gasteiger charge is 2.37. The number of halogens is 1. The summed E-state index contributed by atoms with van der Waals surface area (Å²) in [7, 11) is 0. The molecule has 38 heavy (non-hydrogen) atoms. The lowest BCUT2D eigenvalue weighted by atomic mass is 9.81. The molecule has 8 nitrogen and oxygen atoms in total. The fraction of sp³-hybridized carbons (Fsp3) is 0. The summed E-state index contributed by atoms with van der Waals surface area (Å²) in [4.78, 5) is 65.5. The second-order valence-electron chi connectivity index (χ2n) is 8.25. The number of ketones is 2. The quantitative estimate of drug-likeness (QED) is 0.292. The maximum absolute atomic E-state index is 13.7. The normalized spacial score (nSPS) is 11.5. The summed E-state index contributed by atoms with van der Waals surface area (Å²) in [6.45, 7) is 0. The number of aromatic carboxylic acids is 1. The van der Waals surface area contributed by atoms with Crippen molar-refractivity contribution >= 4 is 53.1 Å². The van der Waals surface area contributed by atoms with E-state index in [1.807, 2.05) is 0 Å². The van der Waals surface area contributed by atoms with Crippen LogP contribution in [0.1, 0.15) is 62.9 Å². The molecule has 0 radical (unpaired) electrons. The van der Waals surface area contributed by atoms with Crippen LogP contribution in [0.15, 0.2) is 91.0 Å². The van der Waals surface area contributed by atoms with Crippen LogP contribution >= 0.6 is 12.4 Å². The van der Waals surface area contributed by atoms with Crippen LogP contribution < -0.4 is 10.6 Å². The van der Waals surface area contributed by atoms with Crippen molar-refractivity contribution in [1.82, 2.24) is 0 Å². The number of hydrogen-bond donors (Lipinski definition) is 3. The van der Waals surface area contributed by atoms with Crippen molar-refractivity contribution in [2.24, 2.45) is 0 Å². The second-order valence-corrected chi connectivity index (χ2v) is 8.25. The Morgan fingerprint density at radius 1 is 0.605 bits per heavy atom. The first-order valence-electron chi connectivity index (χ1n) is 11.2. The van der Waals surface area contributed by atoms with Gasteiger partial charge in [0, 0.05) is 22.3 Å². The van der Waals surface area contributed by atoms with Crippen LogP contribution in [-0.2, 0) is 0 Å². The Hall–Kier alpha value is -5.08. The van der Waals surface area contributed by atoms with Gasteiger partial charge in [-0.3, -0.25) is 19.2 Å². The second kappa shape index (κ2) is 10.5. The van der Waals surface area contributed by atoms with Gasteiger partial charge >= 0.3 is 5.97 Å². The lowest BCUT2D eigenvalue weighted by Crippen LogP contribution is -2.28. The zero-order valence-electron chi connectivity index (χ0n) is 19.6. The number of rotatable bonds is 5. The van der Waals surface area contributed by atoms with E-state index in [-0.39, 0.29) is 57.2 Å². The fourth-order valence-electron chi connectivity index (χ4n) is 4.25. The summed E-state index contributed by atoms with van der Waals surface area (Å²) < 4.78 is 0. The van der Waals surface area contributed by atoms with Crippen LogP contribution in [0.25, 0.3) is 0 Å². The van der Waals surface area contributed by atoms with Crippen LogP contribution in [-0.4, -0.2) is 34.5 Å². The molecule has 0 aliphatic heterocycles. The predicted molar refractivity (Wildman–Crippen MR) is 143 cm³/mol. The molecule has 4 aromatic carbocycles. The lowest BCUT2D eigenvalue weighted by molar-refractivity contribution is 0.0697. The molecule has 0 aromatic heterocycles. The molecule has 0 unspecified atom stereocenters. The number of anilines is 2. The number of benzene rings is 4. The average molecular weight is 527 g/mol. The zero-order valence-corrected chi connectivity index (χ0v) is 20.4. The zero-order chi connectivity index (χ0) is 26.1. The topological polar surface area (TPSA) is 130 Å². The van der Waals surface area contributed by atoms with Crippen molar-refractivity contribution in [2.75, 3.05) is 10.6 Å². The van der Waals surface area contributed by atoms with E-state index >= 15 is 0 Å². The molecule has 0 spiro atoms. The number of amides is 2. The summed E-state index contributed by atoms with van der Waals surface area (Å²) in [6.07, 6.45) is 0. The first kappa shape index (κ1) is 26.0. The molecule has 0 fully saturated rings. The van der Waals surface area contributed by atoms with Gasteiger partial charge in [0.05, 0.1) is 28.1 Å². The smallest absolute Gasteiger partial charge is 0.337 e. The molecule has 188 valence electrons. The Bertz CT molecular complexity index is 1620. The molecular weight excluding hydrogens is 508 g/mol. The van der Waals surface area contributed by atoms with E-state index in [1.54, 1.807) is 60.7 Å². The Morgan fingerprint density at radius 3 is 1.55 bits per heavy atom. The van der Waals surface area contributed by atoms with Crippen molar-refractivity contribution in [2.45, 2.75) is 0 Å². The van der Waals surface area contributed by atoms with Gasteiger partial charge in [0.2, 0.25) is 0 Å². The minimum Gasteiger partial charge on any atom is -0.478 e. The van der Waals surface area contributed by atoms with Gasteiger partial charge in [-0.1, -0.05) is 60.7 Å². The van der Waals surface area contributed by atoms with Gasteiger partial charge in [-0.05, 0) is 30.3 Å². The number of carboxylic acid groups (broad SMARTS) is 1. The molecule has 1 aliphatic carbocycles. The monoisotopic (exact) mass is 526 g/mol. The molecule has 0 saturated heterocycles. The van der Waals surface area contributed by atoms with Gasteiger partial charge < -0.3 is 15.7 Å². The summed E-state index contributed by atoms with van der Waals surface area (Å²) >= 11 is 0. The van der Waals surface area contributed by atoms with Crippen LogP contribution in [0.4, 0.5) is 11.4 Å². The molecule has 3 N–H and O–H groups in total. The van der Waals surface area contributed by atoms with Gasteiger partial charge in [-0.15, -0.1) is 12.4 Å². The van der Waals surface area contributed by atoms with Gasteiger partial charge in [0.1, 0.15) is 0 Å². The van der Waals surface area contributed by atoms with Crippen molar-refractivity contribution in [1.29, 1.82) is 0 Å². The Morgan fingerprint density at radius 2 is 1.05 bits per heavy atom. The maximum Gasteiger partial charge on any atom is 0.337 e. The Kier molecular flexibility index (Phi) is 7.18. The largest absolute Gasteiger partial charge is 0.478 e. The minimum atomic E-state index is -1.46. The van der Waals surface area contributed by atoms with E-state index in [1.165, 1.54) is 24.3 Å². The number of nitrogens with one attached hydrogen (secondary N) is 2. The molecule has 1 aliphatic rings. The van der Waals surface area contributed by atoms with Gasteiger partial charge in [0.25, 0.3) is 11.8 Å². The fourth-order valence-corrected chi connectivity index (χ4v) is 4.25. The number of hydrogen-bond acceptors (Lipinski definition) is 5. The molecule has 0 bridgehead atoms. The van der Waals surface area contributed by atoms with Crippen LogP contribution in [0.5, 0.6) is 0 Å². The highest BCUT2D eigenvalue weighted by atomic mass is 35.5. The minimum absolute atomic E-state index is 0. The van der Waals surface area contributed by atoms with E-state index in [2.05, 4.69) is 10.6 Å². The van der Waals surface area contributed by atoms with E-state index < -0.39 is 34.9 Å². The van der Waals surface area contributed by atoms with Crippen LogP contribution in [0.2, 0.25) is 0 Å². The van der Waals surface area contributed by atoms with Gasteiger partial charge in [-0.25, -0.2) is 4.79 Å². The number of fused-ring (bicyclic) bond motifs is 2. The molecule has 5 rings (SSSR count). The maximum atomic E-state index is 13.7. The number of carbonyl (C=O) groups excluding carboxylic acids is 4.